The Kier molecular flexibility index (Phi) is 6.07. The molecule has 2 rings (SSSR count). The molecule has 1 N–H and O–H groups in total. The van der Waals surface area contributed by atoms with Crippen molar-refractivity contribution in [2.24, 2.45) is 11.3 Å². The summed E-state index contributed by atoms with van der Waals surface area (Å²) < 4.78 is 29.2. The quantitative estimate of drug-likeness (QED) is 0.803. The topological polar surface area (TPSA) is 73.9 Å². The number of nitrogens with one attached hydrogen (secondary N) is 1. The van der Waals surface area contributed by atoms with E-state index in [4.69, 9.17) is 13.8 Å². The van der Waals surface area contributed by atoms with Crippen LogP contribution < -0.4 is 5.32 Å². The van der Waals surface area contributed by atoms with Gasteiger partial charge in [-0.1, -0.05) is 58.0 Å². The summed E-state index contributed by atoms with van der Waals surface area (Å²) in [5, 5.41) is 2.65. The monoisotopic (exact) mass is 355 g/mol. The minimum Gasteiger partial charge on any atom is -0.445 e. The molecule has 0 spiro atoms. The normalized spacial score (nSPS) is 20.4. The third-order valence-corrected chi connectivity index (χ3v) is 6.11. The molecule has 1 aromatic carbocycles. The highest BCUT2D eigenvalue weighted by Gasteiger charge is 2.45. The molecular weight excluding hydrogens is 329 g/mol. The van der Waals surface area contributed by atoms with Crippen LogP contribution in [-0.4, -0.2) is 25.1 Å². The molecule has 1 aliphatic heterocycles. The molecule has 0 aliphatic carbocycles. The van der Waals surface area contributed by atoms with E-state index in [2.05, 4.69) is 5.32 Å². The van der Waals surface area contributed by atoms with Crippen molar-refractivity contribution in [1.82, 2.24) is 5.32 Å². The number of benzene rings is 1. The predicted octanol–water partition coefficient (Wildman–Crippen LogP) is 4.16. The molecule has 1 amide bonds. The third kappa shape index (κ3) is 5.07. The Labute approximate surface area is 143 Å². The second-order valence-corrected chi connectivity index (χ2v) is 9.30. The summed E-state index contributed by atoms with van der Waals surface area (Å²) in [4.78, 5) is 12.1. The van der Waals surface area contributed by atoms with Gasteiger partial charge in [0.05, 0.1) is 13.2 Å². The van der Waals surface area contributed by atoms with Crippen LogP contribution in [0.1, 0.15) is 33.3 Å². The van der Waals surface area contributed by atoms with Crippen molar-refractivity contribution in [2.45, 2.75) is 40.1 Å². The van der Waals surface area contributed by atoms with Gasteiger partial charge in [0.15, 0.2) is 0 Å². The van der Waals surface area contributed by atoms with E-state index in [1.165, 1.54) is 0 Å². The van der Waals surface area contributed by atoms with E-state index in [0.29, 0.717) is 13.2 Å². The zero-order valence-corrected chi connectivity index (χ0v) is 15.5. The first kappa shape index (κ1) is 19.0. The second-order valence-electron chi connectivity index (χ2n) is 7.15. The van der Waals surface area contributed by atoms with Crippen molar-refractivity contribution >= 4 is 13.7 Å². The first-order valence-corrected chi connectivity index (χ1v) is 9.69. The SMILES string of the molecule is CC(C)C(NC(=O)OCc1ccccc1)P1(=O)OCC(C)(C)CO1. The van der Waals surface area contributed by atoms with E-state index in [1.807, 2.05) is 58.0 Å². The zero-order valence-electron chi connectivity index (χ0n) is 14.7. The molecule has 1 atom stereocenters. The van der Waals surface area contributed by atoms with Gasteiger partial charge < -0.3 is 19.1 Å². The summed E-state index contributed by atoms with van der Waals surface area (Å²) in [5.74, 6) is -0.863. The van der Waals surface area contributed by atoms with Crippen molar-refractivity contribution in [2.75, 3.05) is 13.2 Å². The van der Waals surface area contributed by atoms with Crippen LogP contribution in [-0.2, 0) is 25.0 Å². The first-order chi connectivity index (χ1) is 11.2. The number of rotatable bonds is 5. The molecule has 0 aromatic heterocycles. The predicted molar refractivity (Wildman–Crippen MR) is 91.7 cm³/mol. The van der Waals surface area contributed by atoms with Crippen molar-refractivity contribution in [3.05, 3.63) is 35.9 Å². The lowest BCUT2D eigenvalue weighted by atomic mass is 9.97. The highest BCUT2D eigenvalue weighted by molar-refractivity contribution is 7.54. The molecule has 0 bridgehead atoms. The van der Waals surface area contributed by atoms with Gasteiger partial charge in [-0.25, -0.2) is 4.79 Å². The molecule has 1 saturated heterocycles. The van der Waals surface area contributed by atoms with Crippen LogP contribution >= 0.6 is 7.60 Å². The Morgan fingerprint density at radius 2 is 1.83 bits per heavy atom. The minimum atomic E-state index is -3.42. The summed E-state index contributed by atoms with van der Waals surface area (Å²) in [5.41, 5.74) is 0.691. The van der Waals surface area contributed by atoms with Crippen molar-refractivity contribution in [3.63, 3.8) is 0 Å². The fraction of sp³-hybridized carbons (Fsp3) is 0.588. The maximum absolute atomic E-state index is 13.0. The molecule has 134 valence electrons. The van der Waals surface area contributed by atoms with Gasteiger partial charge in [-0.15, -0.1) is 0 Å². The molecule has 1 fully saturated rings. The summed E-state index contributed by atoms with van der Waals surface area (Å²) >= 11 is 0. The van der Waals surface area contributed by atoms with Crippen LogP contribution in [0.3, 0.4) is 0 Å². The van der Waals surface area contributed by atoms with Crippen LogP contribution in [0.5, 0.6) is 0 Å². The number of hydrogen-bond donors (Lipinski definition) is 1. The fourth-order valence-corrected chi connectivity index (χ4v) is 4.71. The number of carbonyl (C=O) groups is 1. The van der Waals surface area contributed by atoms with E-state index in [0.717, 1.165) is 5.56 Å². The third-order valence-electron chi connectivity index (χ3n) is 3.72. The smallest absolute Gasteiger partial charge is 0.408 e. The Bertz CT molecular complexity index is 588. The first-order valence-electron chi connectivity index (χ1n) is 8.08. The number of carbonyl (C=O) groups excluding carboxylic acids is 1. The summed E-state index contributed by atoms with van der Waals surface area (Å²) in [6, 6.07) is 9.37. The maximum atomic E-state index is 13.0. The van der Waals surface area contributed by atoms with Gasteiger partial charge in [-0.3, -0.25) is 4.57 Å². The fourth-order valence-electron chi connectivity index (χ4n) is 2.27. The lowest BCUT2D eigenvalue weighted by Crippen LogP contribution is -2.42. The summed E-state index contributed by atoms with van der Waals surface area (Å²) in [7, 11) is -3.42. The molecule has 0 radical (unpaired) electrons. The highest BCUT2D eigenvalue weighted by Crippen LogP contribution is 2.58. The van der Waals surface area contributed by atoms with Crippen LogP contribution in [0.4, 0.5) is 4.79 Å². The lowest BCUT2D eigenvalue weighted by Gasteiger charge is -2.38. The van der Waals surface area contributed by atoms with Crippen LogP contribution in [0, 0.1) is 11.3 Å². The second kappa shape index (κ2) is 7.68. The van der Waals surface area contributed by atoms with E-state index >= 15 is 0 Å². The zero-order chi connectivity index (χ0) is 17.8. The van der Waals surface area contributed by atoms with Gasteiger partial charge in [0.25, 0.3) is 0 Å². The molecule has 24 heavy (non-hydrogen) atoms. The molecule has 0 saturated carbocycles. The van der Waals surface area contributed by atoms with Gasteiger partial charge in [0.2, 0.25) is 0 Å². The van der Waals surface area contributed by atoms with E-state index in [-0.39, 0.29) is 17.9 Å². The Morgan fingerprint density at radius 3 is 2.38 bits per heavy atom. The minimum absolute atomic E-state index is 0.124. The van der Waals surface area contributed by atoms with Gasteiger partial charge in [0, 0.05) is 5.41 Å². The van der Waals surface area contributed by atoms with Crippen LogP contribution in [0.2, 0.25) is 0 Å². The van der Waals surface area contributed by atoms with Crippen molar-refractivity contribution in [1.29, 1.82) is 0 Å². The molecule has 7 heteroatoms. The van der Waals surface area contributed by atoms with Crippen molar-refractivity contribution in [3.8, 4) is 0 Å². The molecular formula is C17H26NO5P. The molecule has 1 unspecified atom stereocenters. The maximum Gasteiger partial charge on any atom is 0.408 e. The number of ether oxygens (including phenoxy) is 1. The number of alkyl carbamates (subject to hydrolysis) is 1. The average Bonchev–Trinajstić information content (AvgIpc) is 2.54. The summed E-state index contributed by atoms with van der Waals surface area (Å²) in [6.45, 7) is 8.46. The highest BCUT2D eigenvalue weighted by atomic mass is 31.2. The Morgan fingerprint density at radius 1 is 1.25 bits per heavy atom. The lowest BCUT2D eigenvalue weighted by molar-refractivity contribution is 0.0340. The Balaban J connectivity index is 1.96. The summed E-state index contributed by atoms with van der Waals surface area (Å²) in [6.07, 6.45) is -0.634. The molecule has 1 heterocycles. The van der Waals surface area contributed by atoms with Crippen LogP contribution in [0.15, 0.2) is 30.3 Å². The van der Waals surface area contributed by atoms with Gasteiger partial charge in [0.1, 0.15) is 12.4 Å². The van der Waals surface area contributed by atoms with Crippen molar-refractivity contribution < 1.29 is 23.1 Å². The largest absolute Gasteiger partial charge is 0.445 e. The average molecular weight is 355 g/mol. The van der Waals surface area contributed by atoms with E-state index in [1.54, 1.807) is 0 Å². The number of amides is 1. The van der Waals surface area contributed by atoms with E-state index in [9.17, 15) is 9.36 Å². The van der Waals surface area contributed by atoms with Gasteiger partial charge in [-0.2, -0.15) is 0 Å². The number of hydrogen-bond acceptors (Lipinski definition) is 5. The van der Waals surface area contributed by atoms with E-state index < -0.39 is 19.5 Å². The molecule has 1 aliphatic rings. The Hall–Kier alpha value is -1.36. The standard InChI is InChI=1S/C17H26NO5P/c1-13(2)15(24(20)22-11-17(3,4)12-23-24)18-16(19)21-10-14-8-6-5-7-9-14/h5-9,13,15H,10-12H2,1-4H3,(H,18,19). The molecule has 6 nitrogen and oxygen atoms in total. The van der Waals surface area contributed by atoms with Gasteiger partial charge >= 0.3 is 13.7 Å². The van der Waals surface area contributed by atoms with Crippen LogP contribution in [0.25, 0.3) is 0 Å². The molecule has 1 aromatic rings. The van der Waals surface area contributed by atoms with Gasteiger partial charge in [-0.05, 0) is 11.5 Å².